The number of unbranched alkanes of at least 4 members (excludes halogenated alkanes) is 2. The van der Waals surface area contributed by atoms with Gasteiger partial charge in [0.05, 0.1) is 13.2 Å². The molecular formula is C32H42N3O2+. The van der Waals surface area contributed by atoms with Gasteiger partial charge in [0, 0.05) is 67.3 Å². The van der Waals surface area contributed by atoms with Crippen molar-refractivity contribution in [2.75, 3.05) is 44.3 Å². The Morgan fingerprint density at radius 3 is 2.54 bits per heavy atom. The lowest BCUT2D eigenvalue weighted by molar-refractivity contribution is -0.387. The van der Waals surface area contributed by atoms with Crippen molar-refractivity contribution >= 4 is 11.3 Å². The van der Waals surface area contributed by atoms with Crippen molar-refractivity contribution in [3.05, 3.63) is 88.7 Å². The molecule has 0 radical (unpaired) electrons. The van der Waals surface area contributed by atoms with Gasteiger partial charge in [-0.1, -0.05) is 44.9 Å². The maximum Gasteiger partial charge on any atom is 0.137 e. The van der Waals surface area contributed by atoms with Gasteiger partial charge in [-0.15, -0.1) is 0 Å². The van der Waals surface area contributed by atoms with E-state index in [1.54, 1.807) is 0 Å². The van der Waals surface area contributed by atoms with E-state index in [0.717, 1.165) is 68.6 Å². The Balaban J connectivity index is 1.52. The van der Waals surface area contributed by atoms with E-state index in [0.29, 0.717) is 0 Å². The average molecular weight is 501 g/mol. The molecule has 0 bridgehead atoms. The predicted octanol–water partition coefficient (Wildman–Crippen LogP) is 5.18. The van der Waals surface area contributed by atoms with Gasteiger partial charge in [0.15, 0.2) is 0 Å². The highest BCUT2D eigenvalue weighted by Gasteiger charge is 2.28. The van der Waals surface area contributed by atoms with Gasteiger partial charge in [-0.3, -0.25) is 4.90 Å². The summed E-state index contributed by atoms with van der Waals surface area (Å²) in [5, 5.41) is 0. The van der Waals surface area contributed by atoms with Crippen molar-refractivity contribution in [3.8, 4) is 5.75 Å². The number of morpholine rings is 1. The third-order valence-corrected chi connectivity index (χ3v) is 7.52. The van der Waals surface area contributed by atoms with Gasteiger partial charge in [0.25, 0.3) is 0 Å². The van der Waals surface area contributed by atoms with Crippen LogP contribution in [-0.4, -0.2) is 50.3 Å². The van der Waals surface area contributed by atoms with E-state index in [2.05, 4.69) is 90.1 Å². The lowest BCUT2D eigenvalue weighted by Gasteiger charge is -2.30. The molecule has 2 aromatic carbocycles. The van der Waals surface area contributed by atoms with E-state index in [-0.39, 0.29) is 6.04 Å². The summed E-state index contributed by atoms with van der Waals surface area (Å²) >= 11 is 0. The second kappa shape index (κ2) is 12.1. The van der Waals surface area contributed by atoms with E-state index in [1.165, 1.54) is 48.1 Å². The first-order chi connectivity index (χ1) is 18.2. The second-order valence-electron chi connectivity index (χ2n) is 10.4. The summed E-state index contributed by atoms with van der Waals surface area (Å²) < 4.78 is 12.1. The SMILES string of the molecule is CCCCN(CCCC)c1ccc2c(c1)OC1=CC([NH3+])C=CC1=C2c1cccc(CN2CCOCC2)c1. The fourth-order valence-corrected chi connectivity index (χ4v) is 5.42. The molecule has 2 heterocycles. The molecule has 3 N–H and O–H groups in total. The topological polar surface area (TPSA) is 52.6 Å². The van der Waals surface area contributed by atoms with Gasteiger partial charge >= 0.3 is 0 Å². The first-order valence-electron chi connectivity index (χ1n) is 14.1. The molecular weight excluding hydrogens is 458 g/mol. The van der Waals surface area contributed by atoms with E-state index in [9.17, 15) is 0 Å². The van der Waals surface area contributed by atoms with Crippen LogP contribution in [0, 0.1) is 0 Å². The summed E-state index contributed by atoms with van der Waals surface area (Å²) in [6, 6.07) is 16.0. The first-order valence-corrected chi connectivity index (χ1v) is 14.1. The number of benzene rings is 2. The monoisotopic (exact) mass is 500 g/mol. The molecule has 3 aliphatic rings. The number of fused-ring (bicyclic) bond motifs is 2. The van der Waals surface area contributed by atoms with Crippen molar-refractivity contribution < 1.29 is 15.2 Å². The summed E-state index contributed by atoms with van der Waals surface area (Å²) in [5.41, 5.74) is 11.6. The standard InChI is InChI=1S/C32H41N3O2/c1-3-5-14-35(15-6-4-2)27-11-13-29-31(22-27)37-30-21-26(33)10-12-28(30)32(29)25-9-7-8-24(20-25)23-34-16-18-36-19-17-34/h7-13,20-22,26H,3-6,14-19,23,33H2,1-2H3/p+1. The van der Waals surface area contributed by atoms with Gasteiger partial charge in [-0.05, 0) is 54.3 Å². The molecule has 5 rings (SSSR count). The first kappa shape index (κ1) is 25.8. The number of allylic oxidation sites excluding steroid dienone is 1. The van der Waals surface area contributed by atoms with Gasteiger partial charge in [0.2, 0.25) is 0 Å². The van der Waals surface area contributed by atoms with E-state index in [4.69, 9.17) is 9.47 Å². The second-order valence-corrected chi connectivity index (χ2v) is 10.4. The maximum absolute atomic E-state index is 6.57. The number of rotatable bonds is 10. The van der Waals surface area contributed by atoms with Crippen LogP contribution in [0.4, 0.5) is 5.69 Å². The quantitative estimate of drug-likeness (QED) is 0.488. The molecule has 0 spiro atoms. The molecule has 1 atom stereocenters. The molecule has 0 aromatic heterocycles. The van der Waals surface area contributed by atoms with Crippen LogP contribution in [0.1, 0.15) is 56.2 Å². The summed E-state index contributed by atoms with van der Waals surface area (Å²) in [5.74, 6) is 1.87. The number of nitrogens with zero attached hydrogens (tertiary/aromatic N) is 2. The van der Waals surface area contributed by atoms with E-state index >= 15 is 0 Å². The Morgan fingerprint density at radius 1 is 1.00 bits per heavy atom. The number of hydrogen-bond acceptors (Lipinski definition) is 4. The van der Waals surface area contributed by atoms with Crippen LogP contribution in [-0.2, 0) is 11.3 Å². The van der Waals surface area contributed by atoms with Crippen LogP contribution in [0.15, 0.2) is 72.0 Å². The van der Waals surface area contributed by atoms with Crippen LogP contribution in [0.3, 0.4) is 0 Å². The van der Waals surface area contributed by atoms with Gasteiger partial charge in [0.1, 0.15) is 17.6 Å². The van der Waals surface area contributed by atoms with Crippen LogP contribution < -0.4 is 15.4 Å². The third kappa shape index (κ3) is 6.01. The molecule has 1 aliphatic carbocycles. The molecule has 2 aliphatic heterocycles. The number of hydrogen-bond donors (Lipinski definition) is 1. The lowest BCUT2D eigenvalue weighted by atomic mass is 9.86. The Morgan fingerprint density at radius 2 is 1.78 bits per heavy atom. The predicted molar refractivity (Wildman–Crippen MR) is 152 cm³/mol. The molecule has 2 aromatic rings. The van der Waals surface area contributed by atoms with Crippen molar-refractivity contribution in [2.24, 2.45) is 0 Å². The normalized spacial score (nSPS) is 19.2. The maximum atomic E-state index is 6.57. The molecule has 0 saturated carbocycles. The van der Waals surface area contributed by atoms with E-state index < -0.39 is 0 Å². The zero-order valence-electron chi connectivity index (χ0n) is 22.5. The summed E-state index contributed by atoms with van der Waals surface area (Å²) in [7, 11) is 0. The van der Waals surface area contributed by atoms with Gasteiger partial charge in [-0.25, -0.2) is 0 Å². The Bertz CT molecular complexity index is 1170. The van der Waals surface area contributed by atoms with Crippen LogP contribution >= 0.6 is 0 Å². The van der Waals surface area contributed by atoms with Crippen molar-refractivity contribution in [1.29, 1.82) is 0 Å². The lowest BCUT2D eigenvalue weighted by Crippen LogP contribution is -2.59. The average Bonchev–Trinajstić information content (AvgIpc) is 2.92. The zero-order chi connectivity index (χ0) is 25.6. The number of quaternary nitrogens is 1. The summed E-state index contributed by atoms with van der Waals surface area (Å²) in [6.45, 7) is 11.3. The van der Waals surface area contributed by atoms with Crippen LogP contribution in [0.25, 0.3) is 5.57 Å². The Hall–Kier alpha value is -2.86. The minimum absolute atomic E-state index is 0.114. The molecule has 5 heteroatoms. The minimum atomic E-state index is 0.114. The van der Waals surface area contributed by atoms with Gasteiger partial charge < -0.3 is 20.1 Å². The van der Waals surface area contributed by atoms with Crippen LogP contribution in [0.2, 0.25) is 0 Å². The number of anilines is 1. The molecule has 1 saturated heterocycles. The number of ether oxygens (including phenoxy) is 2. The fourth-order valence-electron chi connectivity index (χ4n) is 5.42. The van der Waals surface area contributed by atoms with E-state index in [1.807, 2.05) is 0 Å². The van der Waals surface area contributed by atoms with Gasteiger partial charge in [-0.2, -0.15) is 0 Å². The highest BCUT2D eigenvalue weighted by Crippen LogP contribution is 2.44. The Kier molecular flexibility index (Phi) is 8.45. The molecule has 1 fully saturated rings. The molecule has 1 unspecified atom stereocenters. The largest absolute Gasteiger partial charge is 0.456 e. The highest BCUT2D eigenvalue weighted by molar-refractivity contribution is 5.91. The highest BCUT2D eigenvalue weighted by atomic mass is 16.5. The summed E-state index contributed by atoms with van der Waals surface area (Å²) in [4.78, 5) is 5.00. The molecule has 196 valence electrons. The minimum Gasteiger partial charge on any atom is -0.456 e. The van der Waals surface area contributed by atoms with Crippen LogP contribution in [0.5, 0.6) is 5.75 Å². The van der Waals surface area contributed by atoms with Crippen molar-refractivity contribution in [2.45, 2.75) is 52.1 Å². The zero-order valence-corrected chi connectivity index (χ0v) is 22.5. The smallest absolute Gasteiger partial charge is 0.137 e. The fraction of sp³-hybridized carbons (Fsp3) is 0.438. The summed E-state index contributed by atoms with van der Waals surface area (Å²) in [6.07, 6.45) is 11.3. The third-order valence-electron chi connectivity index (χ3n) is 7.52. The van der Waals surface area contributed by atoms with Crippen molar-refractivity contribution in [1.82, 2.24) is 4.90 Å². The molecule has 5 nitrogen and oxygen atoms in total. The Labute approximate surface area is 222 Å². The molecule has 37 heavy (non-hydrogen) atoms. The van der Waals surface area contributed by atoms with Crippen molar-refractivity contribution in [3.63, 3.8) is 0 Å². The molecule has 0 amide bonds.